The molecule has 0 spiro atoms. The molecule has 116 valence electrons. The number of carbonyl (C=O) groups is 1. The molecule has 4 nitrogen and oxygen atoms in total. The smallest absolute Gasteiger partial charge is 0.224 e. The minimum Gasteiger partial charge on any atom is -0.497 e. The van der Waals surface area contributed by atoms with Crippen LogP contribution >= 0.6 is 11.6 Å². The predicted molar refractivity (Wildman–Crippen MR) is 82.7 cm³/mol. The van der Waals surface area contributed by atoms with Gasteiger partial charge in [0.2, 0.25) is 5.91 Å². The molecule has 0 saturated heterocycles. The standard InChI is InChI=1S/C16H22ClNO3/c1-16(10-19)7-3-4-14(16)18-15(20)8-11-5-6-12(21-2)9-13(11)17/h5-6,9,14,19H,3-4,7-8,10H2,1-2H3,(H,18,20). The van der Waals surface area contributed by atoms with Crippen LogP contribution in [0.25, 0.3) is 0 Å². The van der Waals surface area contributed by atoms with E-state index in [0.717, 1.165) is 24.8 Å². The second kappa shape index (κ2) is 6.67. The summed E-state index contributed by atoms with van der Waals surface area (Å²) < 4.78 is 5.09. The summed E-state index contributed by atoms with van der Waals surface area (Å²) in [6, 6.07) is 5.34. The number of aliphatic hydroxyl groups excluding tert-OH is 1. The molecule has 2 rings (SSSR count). The number of carbonyl (C=O) groups excluding carboxylic acids is 1. The van der Waals surface area contributed by atoms with Crippen LogP contribution in [0.15, 0.2) is 18.2 Å². The third kappa shape index (κ3) is 3.69. The monoisotopic (exact) mass is 311 g/mol. The van der Waals surface area contributed by atoms with E-state index in [1.165, 1.54) is 0 Å². The van der Waals surface area contributed by atoms with Gasteiger partial charge in [-0.1, -0.05) is 31.0 Å². The average molecular weight is 312 g/mol. The summed E-state index contributed by atoms with van der Waals surface area (Å²) in [5.74, 6) is 0.612. The number of halogens is 1. The average Bonchev–Trinajstić information content (AvgIpc) is 2.83. The highest BCUT2D eigenvalue weighted by Crippen LogP contribution is 2.37. The molecule has 1 amide bonds. The highest BCUT2D eigenvalue weighted by atomic mass is 35.5. The summed E-state index contributed by atoms with van der Waals surface area (Å²) >= 11 is 6.15. The number of hydrogen-bond acceptors (Lipinski definition) is 3. The molecule has 1 fully saturated rings. The first-order valence-electron chi connectivity index (χ1n) is 7.21. The van der Waals surface area contributed by atoms with Gasteiger partial charge in [-0.05, 0) is 30.5 Å². The molecule has 0 bridgehead atoms. The van der Waals surface area contributed by atoms with Crippen LogP contribution < -0.4 is 10.1 Å². The Morgan fingerprint density at radius 2 is 2.33 bits per heavy atom. The molecule has 0 heterocycles. The first kappa shape index (κ1) is 16.1. The lowest BCUT2D eigenvalue weighted by molar-refractivity contribution is -0.122. The lowest BCUT2D eigenvalue weighted by Gasteiger charge is -2.30. The van der Waals surface area contributed by atoms with E-state index in [4.69, 9.17) is 16.3 Å². The molecular formula is C16H22ClNO3. The Balaban J connectivity index is 1.99. The van der Waals surface area contributed by atoms with Crippen molar-refractivity contribution in [3.05, 3.63) is 28.8 Å². The molecule has 0 aliphatic heterocycles. The van der Waals surface area contributed by atoms with Crippen molar-refractivity contribution in [3.63, 3.8) is 0 Å². The van der Waals surface area contributed by atoms with Crippen molar-refractivity contribution in [3.8, 4) is 5.75 Å². The minimum atomic E-state index is -0.209. The quantitative estimate of drug-likeness (QED) is 0.878. The Labute approximate surface area is 130 Å². The summed E-state index contributed by atoms with van der Waals surface area (Å²) in [5, 5.41) is 13.1. The van der Waals surface area contributed by atoms with E-state index in [2.05, 4.69) is 5.32 Å². The molecule has 1 aromatic carbocycles. The van der Waals surface area contributed by atoms with Gasteiger partial charge in [-0.25, -0.2) is 0 Å². The molecule has 1 aliphatic carbocycles. The maximum absolute atomic E-state index is 12.2. The summed E-state index contributed by atoms with van der Waals surface area (Å²) in [5.41, 5.74) is 0.568. The topological polar surface area (TPSA) is 58.6 Å². The fourth-order valence-electron chi connectivity index (χ4n) is 2.89. The van der Waals surface area contributed by atoms with Crippen molar-refractivity contribution in [2.45, 2.75) is 38.6 Å². The second-order valence-corrected chi connectivity index (χ2v) is 6.37. The normalized spacial score (nSPS) is 24.9. The summed E-state index contributed by atoms with van der Waals surface area (Å²) in [7, 11) is 1.58. The Bertz CT molecular complexity index is 520. The minimum absolute atomic E-state index is 0.0343. The maximum Gasteiger partial charge on any atom is 0.224 e. The van der Waals surface area contributed by atoms with Gasteiger partial charge in [0.1, 0.15) is 5.75 Å². The molecule has 0 aromatic heterocycles. The van der Waals surface area contributed by atoms with Gasteiger partial charge in [-0.15, -0.1) is 0 Å². The van der Waals surface area contributed by atoms with Gasteiger partial charge in [0.05, 0.1) is 20.1 Å². The number of ether oxygens (including phenoxy) is 1. The number of hydrogen-bond donors (Lipinski definition) is 2. The van der Waals surface area contributed by atoms with Crippen molar-refractivity contribution in [1.82, 2.24) is 5.32 Å². The van der Waals surface area contributed by atoms with Gasteiger partial charge in [0.15, 0.2) is 0 Å². The highest BCUT2D eigenvalue weighted by Gasteiger charge is 2.38. The van der Waals surface area contributed by atoms with E-state index in [-0.39, 0.29) is 30.4 Å². The number of benzene rings is 1. The third-order valence-electron chi connectivity index (χ3n) is 4.39. The van der Waals surface area contributed by atoms with Crippen LogP contribution in [0.1, 0.15) is 31.7 Å². The van der Waals surface area contributed by atoms with E-state index in [9.17, 15) is 9.90 Å². The second-order valence-electron chi connectivity index (χ2n) is 5.96. The fourth-order valence-corrected chi connectivity index (χ4v) is 3.12. The summed E-state index contributed by atoms with van der Waals surface area (Å²) in [6.07, 6.45) is 3.13. The first-order chi connectivity index (χ1) is 9.98. The zero-order chi connectivity index (χ0) is 15.5. The first-order valence-corrected chi connectivity index (χ1v) is 7.59. The molecule has 1 aromatic rings. The van der Waals surface area contributed by atoms with Crippen molar-refractivity contribution < 1.29 is 14.6 Å². The van der Waals surface area contributed by atoms with Crippen LogP contribution in [0.5, 0.6) is 5.75 Å². The molecule has 5 heteroatoms. The van der Waals surface area contributed by atoms with Gasteiger partial charge in [-0.2, -0.15) is 0 Å². The molecule has 2 unspecified atom stereocenters. The number of amides is 1. The van der Waals surface area contributed by atoms with Crippen molar-refractivity contribution in [2.24, 2.45) is 5.41 Å². The van der Waals surface area contributed by atoms with Crippen LogP contribution in [0.4, 0.5) is 0 Å². The molecule has 0 radical (unpaired) electrons. The van der Waals surface area contributed by atoms with Crippen LogP contribution in [0, 0.1) is 5.41 Å². The third-order valence-corrected chi connectivity index (χ3v) is 4.74. The Morgan fingerprint density at radius 1 is 1.57 bits per heavy atom. The Hall–Kier alpha value is -1.26. The van der Waals surface area contributed by atoms with Crippen LogP contribution in [-0.2, 0) is 11.2 Å². The highest BCUT2D eigenvalue weighted by molar-refractivity contribution is 6.31. The van der Waals surface area contributed by atoms with Gasteiger partial charge >= 0.3 is 0 Å². The Morgan fingerprint density at radius 3 is 2.95 bits per heavy atom. The zero-order valence-electron chi connectivity index (χ0n) is 12.5. The van der Waals surface area contributed by atoms with E-state index in [1.54, 1.807) is 25.3 Å². The molecule has 1 saturated carbocycles. The van der Waals surface area contributed by atoms with Gasteiger partial charge in [0.25, 0.3) is 0 Å². The number of nitrogens with one attached hydrogen (secondary N) is 1. The number of aliphatic hydroxyl groups is 1. The SMILES string of the molecule is COc1ccc(CC(=O)NC2CCCC2(C)CO)c(Cl)c1. The van der Waals surface area contributed by atoms with E-state index >= 15 is 0 Å². The summed E-state index contributed by atoms with van der Waals surface area (Å²) in [6.45, 7) is 2.12. The van der Waals surface area contributed by atoms with Gasteiger partial charge < -0.3 is 15.2 Å². The van der Waals surface area contributed by atoms with Gasteiger partial charge in [0, 0.05) is 16.5 Å². The van der Waals surface area contributed by atoms with Gasteiger partial charge in [-0.3, -0.25) is 4.79 Å². The predicted octanol–water partition coefficient (Wildman–Crippen LogP) is 2.56. The molecule has 2 atom stereocenters. The lowest BCUT2D eigenvalue weighted by Crippen LogP contribution is -2.45. The van der Waals surface area contributed by atoms with Crippen LogP contribution in [-0.4, -0.2) is 30.8 Å². The van der Waals surface area contributed by atoms with Crippen LogP contribution in [0.3, 0.4) is 0 Å². The molecule has 1 aliphatic rings. The number of methoxy groups -OCH3 is 1. The van der Waals surface area contributed by atoms with E-state index in [1.807, 2.05) is 6.92 Å². The fraction of sp³-hybridized carbons (Fsp3) is 0.562. The summed E-state index contributed by atoms with van der Waals surface area (Å²) in [4.78, 5) is 12.2. The van der Waals surface area contributed by atoms with Crippen molar-refractivity contribution in [1.29, 1.82) is 0 Å². The largest absolute Gasteiger partial charge is 0.497 e. The lowest BCUT2D eigenvalue weighted by atomic mass is 9.85. The maximum atomic E-state index is 12.2. The molecule has 21 heavy (non-hydrogen) atoms. The van der Waals surface area contributed by atoms with E-state index < -0.39 is 0 Å². The number of rotatable bonds is 5. The molecular weight excluding hydrogens is 290 g/mol. The van der Waals surface area contributed by atoms with E-state index in [0.29, 0.717) is 10.8 Å². The Kier molecular flexibility index (Phi) is 5.12. The van der Waals surface area contributed by atoms with Crippen LogP contribution in [0.2, 0.25) is 5.02 Å². The zero-order valence-corrected chi connectivity index (χ0v) is 13.2. The van der Waals surface area contributed by atoms with Crippen molar-refractivity contribution >= 4 is 17.5 Å². The van der Waals surface area contributed by atoms with Crippen molar-refractivity contribution in [2.75, 3.05) is 13.7 Å². The molecule has 2 N–H and O–H groups in total.